The summed E-state index contributed by atoms with van der Waals surface area (Å²) in [5, 5.41) is 5.71. The first kappa shape index (κ1) is 25.6. The van der Waals surface area contributed by atoms with Crippen molar-refractivity contribution >= 4 is 17.5 Å². The van der Waals surface area contributed by atoms with Crippen LogP contribution in [-0.2, 0) is 6.61 Å². The molecule has 1 aromatic heterocycles. The van der Waals surface area contributed by atoms with E-state index in [4.69, 9.17) is 13.9 Å². The van der Waals surface area contributed by atoms with Crippen molar-refractivity contribution < 1.29 is 23.5 Å². The second-order valence-corrected chi connectivity index (χ2v) is 8.52. The minimum atomic E-state index is -0.361. The number of hydrogen-bond donors (Lipinski definition) is 2. The van der Waals surface area contributed by atoms with Crippen LogP contribution in [0.2, 0.25) is 0 Å². The minimum Gasteiger partial charge on any atom is -0.494 e. The summed E-state index contributed by atoms with van der Waals surface area (Å²) < 4.78 is 16.7. The molecule has 0 atom stereocenters. The van der Waals surface area contributed by atoms with Crippen molar-refractivity contribution in [3.63, 3.8) is 0 Å². The van der Waals surface area contributed by atoms with Crippen LogP contribution < -0.4 is 20.1 Å². The van der Waals surface area contributed by atoms with Crippen LogP contribution in [0.3, 0.4) is 0 Å². The largest absolute Gasteiger partial charge is 0.494 e. The summed E-state index contributed by atoms with van der Waals surface area (Å²) in [6, 6.07) is 26.0. The Morgan fingerprint density at radius 2 is 1.57 bits per heavy atom. The van der Waals surface area contributed by atoms with Crippen LogP contribution in [-0.4, -0.2) is 25.0 Å². The number of carbonyl (C=O) groups excluding carboxylic acids is 2. The van der Waals surface area contributed by atoms with Crippen molar-refractivity contribution in [1.82, 2.24) is 5.32 Å². The van der Waals surface area contributed by atoms with E-state index in [0.29, 0.717) is 31.0 Å². The van der Waals surface area contributed by atoms with Crippen LogP contribution in [0, 0.1) is 6.92 Å². The molecular weight excluding hydrogens is 468 g/mol. The standard InChI is InChI=1S/C30H30N2O5/c1-22-11-12-24(20-27(22)32-30(34)28-10-7-19-36-28)29(33)31-17-5-6-18-35-25-13-15-26(16-14-25)37-21-23-8-3-2-4-9-23/h2-4,7-16,19-20H,5-6,17-18,21H2,1H3,(H,31,33)(H,32,34). The molecule has 0 saturated carbocycles. The van der Waals surface area contributed by atoms with Gasteiger partial charge in [-0.15, -0.1) is 0 Å². The predicted molar refractivity (Wildman–Crippen MR) is 142 cm³/mol. The number of nitrogens with one attached hydrogen (secondary N) is 2. The minimum absolute atomic E-state index is 0.194. The van der Waals surface area contributed by atoms with Crippen molar-refractivity contribution in [2.45, 2.75) is 26.4 Å². The van der Waals surface area contributed by atoms with Crippen molar-refractivity contribution in [2.24, 2.45) is 0 Å². The van der Waals surface area contributed by atoms with E-state index < -0.39 is 0 Å². The number of ether oxygens (including phenoxy) is 2. The number of amides is 2. The molecule has 190 valence electrons. The summed E-state index contributed by atoms with van der Waals surface area (Å²) in [6.07, 6.45) is 3.01. The molecule has 0 fully saturated rings. The first-order chi connectivity index (χ1) is 18.1. The molecule has 0 spiro atoms. The molecule has 37 heavy (non-hydrogen) atoms. The normalized spacial score (nSPS) is 10.5. The van der Waals surface area contributed by atoms with Gasteiger partial charge in [-0.2, -0.15) is 0 Å². The van der Waals surface area contributed by atoms with Gasteiger partial charge in [0.05, 0.1) is 12.9 Å². The maximum Gasteiger partial charge on any atom is 0.291 e. The van der Waals surface area contributed by atoms with Gasteiger partial charge in [0.25, 0.3) is 11.8 Å². The number of anilines is 1. The molecule has 2 N–H and O–H groups in total. The lowest BCUT2D eigenvalue weighted by Crippen LogP contribution is -2.25. The second-order valence-electron chi connectivity index (χ2n) is 8.52. The lowest BCUT2D eigenvalue weighted by atomic mass is 10.1. The number of furan rings is 1. The maximum absolute atomic E-state index is 12.6. The topological polar surface area (TPSA) is 89.8 Å². The fourth-order valence-corrected chi connectivity index (χ4v) is 3.58. The van der Waals surface area contributed by atoms with E-state index in [-0.39, 0.29) is 17.6 Å². The SMILES string of the molecule is Cc1ccc(C(=O)NCCCCOc2ccc(OCc3ccccc3)cc2)cc1NC(=O)c1ccco1. The van der Waals surface area contributed by atoms with E-state index in [1.807, 2.05) is 61.5 Å². The van der Waals surface area contributed by atoms with Crippen LogP contribution in [0.25, 0.3) is 0 Å². The highest BCUT2D eigenvalue weighted by Gasteiger charge is 2.13. The van der Waals surface area contributed by atoms with E-state index in [9.17, 15) is 9.59 Å². The lowest BCUT2D eigenvalue weighted by molar-refractivity contribution is 0.0950. The van der Waals surface area contributed by atoms with Crippen molar-refractivity contribution in [1.29, 1.82) is 0 Å². The summed E-state index contributed by atoms with van der Waals surface area (Å²) >= 11 is 0. The molecule has 0 aliphatic carbocycles. The average molecular weight is 499 g/mol. The zero-order chi connectivity index (χ0) is 25.9. The van der Waals surface area contributed by atoms with E-state index in [2.05, 4.69) is 10.6 Å². The average Bonchev–Trinajstić information content (AvgIpc) is 3.47. The van der Waals surface area contributed by atoms with Gasteiger partial charge in [0.1, 0.15) is 18.1 Å². The highest BCUT2D eigenvalue weighted by molar-refractivity contribution is 6.03. The number of hydrogen-bond acceptors (Lipinski definition) is 5. The first-order valence-electron chi connectivity index (χ1n) is 12.2. The molecule has 0 bridgehead atoms. The number of benzene rings is 3. The second kappa shape index (κ2) is 13.0. The van der Waals surface area contributed by atoms with Crippen LogP contribution >= 0.6 is 0 Å². The quantitative estimate of drug-likeness (QED) is 0.234. The maximum atomic E-state index is 12.6. The Balaban J connectivity index is 1.14. The van der Waals surface area contributed by atoms with Gasteiger partial charge in [-0.25, -0.2) is 0 Å². The van der Waals surface area contributed by atoms with Gasteiger partial charge >= 0.3 is 0 Å². The lowest BCUT2D eigenvalue weighted by Gasteiger charge is -2.11. The van der Waals surface area contributed by atoms with Crippen LogP contribution in [0.5, 0.6) is 11.5 Å². The number of carbonyl (C=O) groups is 2. The smallest absolute Gasteiger partial charge is 0.291 e. The fraction of sp³-hybridized carbons (Fsp3) is 0.200. The Labute approximate surface area is 216 Å². The molecule has 1 heterocycles. The van der Waals surface area contributed by atoms with Gasteiger partial charge in [0.2, 0.25) is 0 Å². The number of unbranched alkanes of at least 4 members (excludes halogenated alkanes) is 1. The zero-order valence-electron chi connectivity index (χ0n) is 20.7. The van der Waals surface area contributed by atoms with Crippen LogP contribution in [0.4, 0.5) is 5.69 Å². The number of aryl methyl sites for hydroxylation is 1. The molecule has 2 amide bonds. The van der Waals surface area contributed by atoms with E-state index in [1.54, 1.807) is 30.3 Å². The van der Waals surface area contributed by atoms with Gasteiger partial charge in [0.15, 0.2) is 5.76 Å². The molecule has 0 unspecified atom stereocenters. The van der Waals surface area contributed by atoms with Gasteiger partial charge in [0, 0.05) is 17.8 Å². The molecule has 0 aliphatic heterocycles. The van der Waals surface area contributed by atoms with Gasteiger partial charge in [-0.1, -0.05) is 36.4 Å². The molecule has 7 heteroatoms. The molecule has 4 rings (SSSR count). The summed E-state index contributed by atoms with van der Waals surface area (Å²) in [4.78, 5) is 24.8. The molecular formula is C30H30N2O5. The summed E-state index contributed by atoms with van der Waals surface area (Å²) in [5.74, 6) is 1.22. The highest BCUT2D eigenvalue weighted by atomic mass is 16.5. The monoisotopic (exact) mass is 498 g/mol. The molecule has 3 aromatic carbocycles. The molecule has 7 nitrogen and oxygen atoms in total. The van der Waals surface area contributed by atoms with Gasteiger partial charge < -0.3 is 24.5 Å². The summed E-state index contributed by atoms with van der Waals surface area (Å²) in [5.41, 5.74) is 3.02. The van der Waals surface area contributed by atoms with E-state index in [1.165, 1.54) is 6.26 Å². The fourth-order valence-electron chi connectivity index (χ4n) is 3.58. The highest BCUT2D eigenvalue weighted by Crippen LogP contribution is 2.20. The summed E-state index contributed by atoms with van der Waals surface area (Å²) in [7, 11) is 0. The number of rotatable bonds is 12. The third-order valence-corrected chi connectivity index (χ3v) is 5.69. The third-order valence-electron chi connectivity index (χ3n) is 5.69. The van der Waals surface area contributed by atoms with Crippen molar-refractivity contribution in [3.05, 3.63) is 114 Å². The van der Waals surface area contributed by atoms with Gasteiger partial charge in [-0.3, -0.25) is 9.59 Å². The molecule has 0 aliphatic rings. The first-order valence-corrected chi connectivity index (χ1v) is 12.2. The predicted octanol–water partition coefficient (Wildman–Crippen LogP) is 6.01. The van der Waals surface area contributed by atoms with E-state index >= 15 is 0 Å². The molecule has 4 aromatic rings. The van der Waals surface area contributed by atoms with Crippen molar-refractivity contribution in [2.75, 3.05) is 18.5 Å². The molecule has 0 saturated heterocycles. The Kier molecular flexibility index (Phi) is 8.97. The zero-order valence-corrected chi connectivity index (χ0v) is 20.7. The third kappa shape index (κ3) is 7.73. The molecule has 0 radical (unpaired) electrons. The van der Waals surface area contributed by atoms with Crippen LogP contribution in [0.15, 0.2) is 95.6 Å². The Bertz CT molecular complexity index is 1290. The Hall–Kier alpha value is -4.52. The van der Waals surface area contributed by atoms with E-state index in [0.717, 1.165) is 35.5 Å². The Morgan fingerprint density at radius 3 is 2.30 bits per heavy atom. The van der Waals surface area contributed by atoms with Crippen LogP contribution in [0.1, 0.15) is 44.9 Å². The van der Waals surface area contributed by atoms with Crippen molar-refractivity contribution in [3.8, 4) is 11.5 Å². The van der Waals surface area contributed by atoms with Gasteiger partial charge in [-0.05, 0) is 79.4 Å². The Morgan fingerprint density at radius 1 is 0.811 bits per heavy atom. The summed E-state index contributed by atoms with van der Waals surface area (Å²) in [6.45, 7) is 3.46.